The molecule has 7 nitrogen and oxygen atoms in total. The Kier molecular flexibility index (Phi) is 8.80. The third-order valence-corrected chi connectivity index (χ3v) is 9.03. The summed E-state index contributed by atoms with van der Waals surface area (Å²) in [5.74, 6) is -1.33. The van der Waals surface area contributed by atoms with Gasteiger partial charge in [0.15, 0.2) is 0 Å². The van der Waals surface area contributed by atoms with E-state index in [2.05, 4.69) is 0 Å². The van der Waals surface area contributed by atoms with Crippen LogP contribution in [0.15, 0.2) is 42.5 Å². The van der Waals surface area contributed by atoms with Crippen LogP contribution in [0.4, 0.5) is 41.2 Å². The highest BCUT2D eigenvalue weighted by molar-refractivity contribution is 5.92. The molecule has 2 saturated heterocycles. The zero-order valence-electron chi connectivity index (χ0n) is 24.7. The lowest BCUT2D eigenvalue weighted by molar-refractivity contribution is -0.143. The average molecular weight is 643 g/mol. The first-order valence-electron chi connectivity index (χ1n) is 14.7. The van der Waals surface area contributed by atoms with E-state index in [4.69, 9.17) is 0 Å². The Labute approximate surface area is 255 Å². The van der Waals surface area contributed by atoms with E-state index in [9.17, 15) is 45.1 Å². The molecule has 2 atom stereocenters. The van der Waals surface area contributed by atoms with Crippen LogP contribution >= 0.6 is 0 Å². The van der Waals surface area contributed by atoms with Gasteiger partial charge in [0.05, 0.1) is 17.2 Å². The summed E-state index contributed by atoms with van der Waals surface area (Å²) in [6.07, 6.45) is -7.45. The maximum absolute atomic E-state index is 13.8. The molecule has 4 amide bonds. The second-order valence-corrected chi connectivity index (χ2v) is 12.1. The first-order chi connectivity index (χ1) is 21.0. The van der Waals surface area contributed by atoms with Gasteiger partial charge in [0.2, 0.25) is 11.8 Å². The Morgan fingerprint density at radius 1 is 0.733 bits per heavy atom. The van der Waals surface area contributed by atoms with Crippen molar-refractivity contribution in [3.8, 4) is 0 Å². The third-order valence-electron chi connectivity index (χ3n) is 9.03. The number of hydrogen-bond acceptors (Lipinski definition) is 3. The number of carbonyl (C=O) groups is 3. The number of amides is 4. The Morgan fingerprint density at radius 3 is 1.76 bits per heavy atom. The molecule has 0 aromatic heterocycles. The predicted molar refractivity (Wildman–Crippen MR) is 150 cm³/mol. The Balaban J connectivity index is 1.36. The molecule has 14 heteroatoms. The van der Waals surface area contributed by atoms with Gasteiger partial charge in [-0.25, -0.2) is 9.18 Å². The quantitative estimate of drug-likeness (QED) is 0.377. The molecule has 3 fully saturated rings. The number of urea groups is 1. The minimum atomic E-state index is -5.09. The van der Waals surface area contributed by atoms with Gasteiger partial charge >= 0.3 is 18.4 Å². The van der Waals surface area contributed by atoms with Crippen molar-refractivity contribution < 1.29 is 45.1 Å². The number of nitrogens with zero attached hydrogens (tertiary/aromatic N) is 4. The smallest absolute Gasteiger partial charge is 0.342 e. The Hall–Kier alpha value is -3.84. The van der Waals surface area contributed by atoms with E-state index < -0.39 is 53.0 Å². The molecule has 2 aliphatic heterocycles. The van der Waals surface area contributed by atoms with Gasteiger partial charge in [-0.15, -0.1) is 0 Å². The summed E-state index contributed by atoms with van der Waals surface area (Å²) in [6, 6.07) is 4.84. The zero-order valence-corrected chi connectivity index (χ0v) is 24.7. The van der Waals surface area contributed by atoms with E-state index in [1.807, 2.05) is 0 Å². The highest BCUT2D eigenvalue weighted by Gasteiger charge is 2.44. The molecule has 5 rings (SSSR count). The number of likely N-dealkylation sites (N-methyl/N-ethyl adjacent to an activating group) is 1. The Morgan fingerprint density at radius 2 is 1.24 bits per heavy atom. The van der Waals surface area contributed by atoms with Gasteiger partial charge in [-0.3, -0.25) is 14.5 Å². The zero-order chi connectivity index (χ0) is 32.8. The van der Waals surface area contributed by atoms with E-state index in [0.717, 1.165) is 19.9 Å². The summed E-state index contributed by atoms with van der Waals surface area (Å²) in [6.45, 7) is 1.14. The highest BCUT2D eigenvalue weighted by Crippen LogP contribution is 2.39. The fourth-order valence-electron chi connectivity index (χ4n) is 6.21. The van der Waals surface area contributed by atoms with E-state index in [0.29, 0.717) is 48.5 Å². The molecule has 2 heterocycles. The van der Waals surface area contributed by atoms with Crippen molar-refractivity contribution in [2.45, 2.75) is 50.0 Å². The molecule has 1 saturated carbocycles. The number of halogens is 7. The minimum Gasteiger partial charge on any atom is -0.342 e. The molecule has 244 valence electrons. The van der Waals surface area contributed by atoms with Crippen molar-refractivity contribution >= 4 is 23.5 Å². The van der Waals surface area contributed by atoms with E-state index in [-0.39, 0.29) is 42.8 Å². The van der Waals surface area contributed by atoms with Crippen molar-refractivity contribution in [2.24, 2.45) is 11.8 Å². The van der Waals surface area contributed by atoms with Gasteiger partial charge in [0, 0.05) is 63.7 Å². The number of anilines is 1. The van der Waals surface area contributed by atoms with Crippen molar-refractivity contribution in [1.29, 1.82) is 0 Å². The summed E-state index contributed by atoms with van der Waals surface area (Å²) >= 11 is 0. The summed E-state index contributed by atoms with van der Waals surface area (Å²) in [5.41, 5.74) is -3.10. The van der Waals surface area contributed by atoms with Gasteiger partial charge in [-0.1, -0.05) is 12.1 Å². The maximum atomic E-state index is 13.8. The molecular weight excluding hydrogens is 609 g/mol. The summed E-state index contributed by atoms with van der Waals surface area (Å²) in [4.78, 5) is 45.0. The van der Waals surface area contributed by atoms with E-state index >= 15 is 0 Å². The van der Waals surface area contributed by atoms with Gasteiger partial charge in [-0.2, -0.15) is 26.3 Å². The van der Waals surface area contributed by atoms with E-state index in [1.165, 1.54) is 36.2 Å². The number of rotatable bonds is 5. The topological polar surface area (TPSA) is 64.2 Å². The molecule has 45 heavy (non-hydrogen) atoms. The predicted octanol–water partition coefficient (Wildman–Crippen LogP) is 5.99. The molecule has 0 N–H and O–H groups in total. The number of likely N-dealkylation sites (tertiary alicyclic amines) is 2. The van der Waals surface area contributed by atoms with Gasteiger partial charge in [0.25, 0.3) is 0 Å². The van der Waals surface area contributed by atoms with Crippen LogP contribution in [-0.4, -0.2) is 78.9 Å². The van der Waals surface area contributed by atoms with Gasteiger partial charge in [0.1, 0.15) is 5.82 Å². The molecule has 0 spiro atoms. The Bertz CT molecular complexity index is 1400. The summed E-state index contributed by atoms with van der Waals surface area (Å²) < 4.78 is 94.6. The molecule has 2 unspecified atom stereocenters. The molecule has 1 aliphatic carbocycles. The fourth-order valence-corrected chi connectivity index (χ4v) is 6.21. The maximum Gasteiger partial charge on any atom is 0.416 e. The summed E-state index contributed by atoms with van der Waals surface area (Å²) in [7, 11) is 2.45. The molecule has 0 bridgehead atoms. The lowest BCUT2D eigenvalue weighted by Gasteiger charge is -2.34. The minimum absolute atomic E-state index is 0.0110. The lowest BCUT2D eigenvalue weighted by Crippen LogP contribution is -2.48. The standard InChI is InChI=1S/C31H33F7N4O3/c1-39(24-14-21(30(33,34)35)13-22(15-24)31(36,37)38)29(45)40(2)26-17-42(16-25(26)18-5-7-23(32)8-6-18)28(44)20-9-11-41(12-10-20)27(43)19-3-4-19/h5-8,13-15,19-20,25-26H,3-4,9-12,16-17H2,1-2H3. The van der Waals surface area contributed by atoms with Crippen molar-refractivity contribution in [2.75, 3.05) is 45.2 Å². The number of carbonyl (C=O) groups excluding carboxylic acids is 3. The third kappa shape index (κ3) is 7.04. The van der Waals surface area contributed by atoms with Crippen LogP contribution < -0.4 is 4.90 Å². The van der Waals surface area contributed by atoms with Gasteiger partial charge < -0.3 is 14.7 Å². The molecule has 3 aliphatic rings. The van der Waals surface area contributed by atoms with E-state index in [1.54, 1.807) is 9.80 Å². The summed E-state index contributed by atoms with van der Waals surface area (Å²) in [5, 5.41) is 0. The van der Waals surface area contributed by atoms with Crippen molar-refractivity contribution in [3.63, 3.8) is 0 Å². The van der Waals surface area contributed by atoms with Gasteiger partial charge in [-0.05, 0) is 61.6 Å². The fraction of sp³-hybridized carbons (Fsp3) is 0.516. The largest absolute Gasteiger partial charge is 0.416 e. The average Bonchev–Trinajstić information content (AvgIpc) is 3.76. The highest BCUT2D eigenvalue weighted by atomic mass is 19.4. The number of hydrogen-bond donors (Lipinski definition) is 0. The number of benzene rings is 2. The first-order valence-corrected chi connectivity index (χ1v) is 14.7. The monoisotopic (exact) mass is 642 g/mol. The first kappa shape index (κ1) is 32.6. The van der Waals surface area contributed by atoms with Crippen LogP contribution in [-0.2, 0) is 21.9 Å². The molecule has 0 radical (unpaired) electrons. The van der Waals surface area contributed by atoms with Crippen LogP contribution in [0.3, 0.4) is 0 Å². The van der Waals surface area contributed by atoms with Crippen LogP contribution in [0.2, 0.25) is 0 Å². The molecular formula is C31H33F7N4O3. The normalized spacial score (nSPS) is 21.2. The lowest BCUT2D eigenvalue weighted by atomic mass is 9.93. The van der Waals surface area contributed by atoms with Crippen molar-refractivity contribution in [3.05, 3.63) is 65.0 Å². The van der Waals surface area contributed by atoms with Crippen LogP contribution in [0.25, 0.3) is 0 Å². The second kappa shape index (κ2) is 12.2. The van der Waals surface area contributed by atoms with Crippen LogP contribution in [0.5, 0.6) is 0 Å². The SMILES string of the molecule is CN(C(=O)N(C)C1CN(C(=O)C2CCN(C(=O)C3CC3)CC2)CC1c1ccc(F)cc1)c1cc(C(F)(F)F)cc(C(F)(F)F)c1. The molecule has 2 aromatic carbocycles. The second-order valence-electron chi connectivity index (χ2n) is 12.1. The van der Waals surface area contributed by atoms with Crippen LogP contribution in [0.1, 0.15) is 48.3 Å². The number of piperidine rings is 1. The molecule has 2 aromatic rings. The van der Waals surface area contributed by atoms with Crippen LogP contribution in [0, 0.1) is 17.7 Å². The number of alkyl halides is 6. The van der Waals surface area contributed by atoms with Crippen molar-refractivity contribution in [1.82, 2.24) is 14.7 Å².